The minimum atomic E-state index is -4.79. The number of hydrogen-bond donors (Lipinski definition) is 1. The largest absolute Gasteiger partial charge is 0.446 e. The maximum absolute atomic E-state index is 14.0. The predicted molar refractivity (Wildman–Crippen MR) is 85.9 cm³/mol. The molecule has 2 aromatic carbocycles. The fourth-order valence-electron chi connectivity index (χ4n) is 2.11. The number of thioether (sulfide) groups is 1. The van der Waals surface area contributed by atoms with Gasteiger partial charge in [-0.05, 0) is 36.0 Å². The predicted octanol–water partition coefficient (Wildman–Crippen LogP) is 4.84. The molecule has 0 aliphatic rings. The van der Waals surface area contributed by atoms with Crippen molar-refractivity contribution < 1.29 is 40.3 Å². The number of urea groups is 1. The highest BCUT2D eigenvalue weighted by molar-refractivity contribution is 8.00. The van der Waals surface area contributed by atoms with Crippen molar-refractivity contribution in [1.29, 1.82) is 0 Å². The zero-order chi connectivity index (χ0) is 21.2. The van der Waals surface area contributed by atoms with Crippen molar-refractivity contribution in [3.05, 3.63) is 59.2 Å². The van der Waals surface area contributed by atoms with E-state index in [0.29, 0.717) is 12.1 Å². The molecular weight excluding hydrogens is 417 g/mol. The Labute approximate surface area is 157 Å². The molecule has 28 heavy (non-hydrogen) atoms. The van der Waals surface area contributed by atoms with E-state index < -0.39 is 68.6 Å². The Morgan fingerprint density at radius 3 is 1.93 bits per heavy atom. The van der Waals surface area contributed by atoms with E-state index in [9.17, 15) is 40.3 Å². The van der Waals surface area contributed by atoms with Crippen molar-refractivity contribution in [3.8, 4) is 0 Å². The fourth-order valence-corrected chi connectivity index (χ4v) is 2.71. The molecule has 2 rings (SSSR count). The SMILES string of the molecule is CN(C(=O)NC(=O)c1c(F)cccc1F)c1c(F)cc(SC(F)(F)F)cc1F. The molecule has 0 spiro atoms. The Balaban J connectivity index is 2.25. The van der Waals surface area contributed by atoms with Crippen LogP contribution in [0.4, 0.5) is 41.2 Å². The molecule has 0 atom stereocenters. The summed E-state index contributed by atoms with van der Waals surface area (Å²) in [5.41, 5.74) is -6.95. The number of halogens is 7. The van der Waals surface area contributed by atoms with Gasteiger partial charge in [0.25, 0.3) is 5.91 Å². The molecule has 12 heteroatoms. The zero-order valence-corrected chi connectivity index (χ0v) is 14.5. The van der Waals surface area contributed by atoms with Crippen LogP contribution >= 0.6 is 11.8 Å². The number of hydrogen-bond acceptors (Lipinski definition) is 3. The van der Waals surface area contributed by atoms with Crippen LogP contribution in [-0.2, 0) is 0 Å². The highest BCUT2D eigenvalue weighted by atomic mass is 32.2. The average molecular weight is 426 g/mol. The van der Waals surface area contributed by atoms with Gasteiger partial charge in [-0.25, -0.2) is 22.4 Å². The van der Waals surface area contributed by atoms with Crippen LogP contribution in [0.15, 0.2) is 35.2 Å². The van der Waals surface area contributed by atoms with E-state index >= 15 is 0 Å². The number of amides is 3. The van der Waals surface area contributed by atoms with Crippen molar-refractivity contribution in [2.75, 3.05) is 11.9 Å². The maximum atomic E-state index is 14.0. The third-order valence-corrected chi connectivity index (χ3v) is 3.98. The standard InChI is InChI=1S/C16H9F7N2O2S/c1-25(13-10(19)5-7(6-11(13)20)28-16(21,22)23)15(27)24-14(26)12-8(17)3-2-4-9(12)18/h2-6H,1H3,(H,24,26,27). The van der Waals surface area contributed by atoms with Gasteiger partial charge in [-0.3, -0.25) is 15.0 Å². The molecular formula is C16H9F7N2O2S. The summed E-state index contributed by atoms with van der Waals surface area (Å²) in [7, 11) is 0.804. The lowest BCUT2D eigenvalue weighted by Crippen LogP contribution is -2.42. The monoisotopic (exact) mass is 426 g/mol. The molecule has 0 unspecified atom stereocenters. The van der Waals surface area contributed by atoms with E-state index in [-0.39, 0.29) is 4.90 Å². The smallest absolute Gasteiger partial charge is 0.292 e. The second kappa shape index (κ2) is 8.09. The Hall–Kier alpha value is -2.76. The van der Waals surface area contributed by atoms with E-state index in [2.05, 4.69) is 0 Å². The van der Waals surface area contributed by atoms with E-state index in [1.165, 1.54) is 5.32 Å². The summed E-state index contributed by atoms with van der Waals surface area (Å²) >= 11 is -0.768. The van der Waals surface area contributed by atoms with Gasteiger partial charge >= 0.3 is 11.5 Å². The first-order chi connectivity index (χ1) is 12.9. The normalized spacial score (nSPS) is 11.3. The minimum Gasteiger partial charge on any atom is -0.292 e. The van der Waals surface area contributed by atoms with Gasteiger partial charge in [0.1, 0.15) is 22.9 Å². The van der Waals surface area contributed by atoms with Gasteiger partial charge in [0.2, 0.25) is 0 Å². The Bertz CT molecular complexity index is 890. The molecule has 0 bridgehead atoms. The molecule has 150 valence electrons. The van der Waals surface area contributed by atoms with Crippen molar-refractivity contribution in [1.82, 2.24) is 5.32 Å². The van der Waals surface area contributed by atoms with Crippen molar-refractivity contribution in [2.24, 2.45) is 0 Å². The molecule has 0 heterocycles. The zero-order valence-electron chi connectivity index (χ0n) is 13.7. The molecule has 0 radical (unpaired) electrons. The van der Waals surface area contributed by atoms with Crippen molar-refractivity contribution in [2.45, 2.75) is 10.4 Å². The van der Waals surface area contributed by atoms with Gasteiger partial charge < -0.3 is 0 Å². The molecule has 1 N–H and O–H groups in total. The van der Waals surface area contributed by atoms with Crippen LogP contribution in [0.2, 0.25) is 0 Å². The van der Waals surface area contributed by atoms with Gasteiger partial charge in [0, 0.05) is 11.9 Å². The summed E-state index contributed by atoms with van der Waals surface area (Å²) in [6.07, 6.45) is 0. The van der Waals surface area contributed by atoms with Gasteiger partial charge in [-0.2, -0.15) is 13.2 Å². The number of benzene rings is 2. The third-order valence-electron chi connectivity index (χ3n) is 3.27. The first-order valence-electron chi connectivity index (χ1n) is 7.18. The van der Waals surface area contributed by atoms with Gasteiger partial charge in [-0.1, -0.05) is 6.07 Å². The molecule has 0 aliphatic heterocycles. The number of rotatable bonds is 3. The molecule has 0 aliphatic carbocycles. The number of nitrogens with one attached hydrogen (secondary N) is 1. The number of nitrogens with zero attached hydrogens (tertiary/aromatic N) is 1. The lowest BCUT2D eigenvalue weighted by Gasteiger charge is -2.19. The summed E-state index contributed by atoms with van der Waals surface area (Å²) < 4.78 is 92.1. The molecule has 0 aromatic heterocycles. The van der Waals surface area contributed by atoms with Crippen LogP contribution in [0.3, 0.4) is 0 Å². The fraction of sp³-hybridized carbons (Fsp3) is 0.125. The van der Waals surface area contributed by atoms with Crippen LogP contribution in [0, 0.1) is 23.3 Å². The van der Waals surface area contributed by atoms with Crippen LogP contribution in [0.5, 0.6) is 0 Å². The highest BCUT2D eigenvalue weighted by Gasteiger charge is 2.31. The Morgan fingerprint density at radius 2 is 1.46 bits per heavy atom. The van der Waals surface area contributed by atoms with Gasteiger partial charge in [0.15, 0.2) is 11.6 Å². The van der Waals surface area contributed by atoms with E-state index in [1.54, 1.807) is 0 Å². The molecule has 0 fully saturated rings. The van der Waals surface area contributed by atoms with Gasteiger partial charge in [0.05, 0.1) is 0 Å². The molecule has 3 amide bonds. The number of anilines is 1. The topological polar surface area (TPSA) is 49.4 Å². The number of imide groups is 1. The number of carbonyl (C=O) groups is 2. The third kappa shape index (κ3) is 4.94. The lowest BCUT2D eigenvalue weighted by atomic mass is 10.2. The Kier molecular flexibility index (Phi) is 6.22. The number of alkyl halides is 3. The highest BCUT2D eigenvalue weighted by Crippen LogP contribution is 2.39. The van der Waals surface area contributed by atoms with Crippen molar-refractivity contribution >= 4 is 29.4 Å². The van der Waals surface area contributed by atoms with E-state index in [0.717, 1.165) is 25.2 Å². The van der Waals surface area contributed by atoms with E-state index in [1.807, 2.05) is 0 Å². The lowest BCUT2D eigenvalue weighted by molar-refractivity contribution is -0.0328. The summed E-state index contributed by atoms with van der Waals surface area (Å²) in [6, 6.07) is 1.70. The van der Waals surface area contributed by atoms with E-state index in [4.69, 9.17) is 0 Å². The molecule has 0 saturated carbocycles. The first kappa shape index (κ1) is 21.5. The summed E-state index contributed by atoms with van der Waals surface area (Å²) in [4.78, 5) is 23.3. The van der Waals surface area contributed by atoms with Crippen LogP contribution in [-0.4, -0.2) is 24.5 Å². The maximum Gasteiger partial charge on any atom is 0.446 e. The summed E-state index contributed by atoms with van der Waals surface area (Å²) in [5.74, 6) is -7.11. The van der Waals surface area contributed by atoms with Crippen LogP contribution in [0.25, 0.3) is 0 Å². The molecule has 4 nitrogen and oxygen atoms in total. The Morgan fingerprint density at radius 1 is 0.964 bits per heavy atom. The average Bonchev–Trinajstić information content (AvgIpc) is 2.52. The first-order valence-corrected chi connectivity index (χ1v) is 8.00. The van der Waals surface area contributed by atoms with Crippen LogP contribution < -0.4 is 10.2 Å². The van der Waals surface area contributed by atoms with Gasteiger partial charge in [-0.15, -0.1) is 0 Å². The van der Waals surface area contributed by atoms with Crippen molar-refractivity contribution in [3.63, 3.8) is 0 Å². The second-order valence-electron chi connectivity index (χ2n) is 5.20. The second-order valence-corrected chi connectivity index (χ2v) is 6.34. The summed E-state index contributed by atoms with van der Waals surface area (Å²) in [6.45, 7) is 0. The molecule has 2 aromatic rings. The number of carbonyl (C=O) groups excluding carboxylic acids is 2. The quantitative estimate of drug-likeness (QED) is 0.565. The summed E-state index contributed by atoms with van der Waals surface area (Å²) in [5, 5.41) is 1.53. The molecule has 0 saturated heterocycles. The van der Waals surface area contributed by atoms with Crippen LogP contribution in [0.1, 0.15) is 10.4 Å². The minimum absolute atomic E-state index is 0.239.